The molecule has 0 fully saturated rings. The maximum atomic E-state index is 13.2. The molecule has 0 unspecified atom stereocenters. The van der Waals surface area contributed by atoms with E-state index in [1.807, 2.05) is 5.38 Å². The summed E-state index contributed by atoms with van der Waals surface area (Å²) >= 11 is 1.36. The van der Waals surface area contributed by atoms with E-state index in [0.29, 0.717) is 0 Å². The summed E-state index contributed by atoms with van der Waals surface area (Å²) in [6.07, 6.45) is 6.91. The van der Waals surface area contributed by atoms with Crippen molar-refractivity contribution in [2.75, 3.05) is 26.9 Å². The van der Waals surface area contributed by atoms with Gasteiger partial charge in [0.25, 0.3) is 5.91 Å². The quantitative estimate of drug-likeness (QED) is 0.357. The van der Waals surface area contributed by atoms with Gasteiger partial charge in [0.2, 0.25) is 0 Å². The van der Waals surface area contributed by atoms with Gasteiger partial charge in [0.15, 0.2) is 5.78 Å². The number of fused-ring (bicyclic) bond motifs is 1. The Balaban J connectivity index is 1.91. The summed E-state index contributed by atoms with van der Waals surface area (Å²) in [5.41, 5.74) is -1.66. The summed E-state index contributed by atoms with van der Waals surface area (Å²) in [5.74, 6) is -1.85. The second kappa shape index (κ2) is 9.23. The van der Waals surface area contributed by atoms with Crippen molar-refractivity contribution in [3.63, 3.8) is 0 Å². The molecule has 0 spiro atoms. The highest BCUT2D eigenvalue weighted by Crippen LogP contribution is 2.34. The third kappa shape index (κ3) is 4.12. The van der Waals surface area contributed by atoms with Gasteiger partial charge >= 0.3 is 0 Å². The summed E-state index contributed by atoms with van der Waals surface area (Å²) in [6.45, 7) is -1.65. The van der Waals surface area contributed by atoms with Crippen LogP contribution < -0.4 is 5.32 Å². The van der Waals surface area contributed by atoms with E-state index in [1.54, 1.807) is 43.5 Å². The molecule has 3 rings (SSSR count). The Morgan fingerprint density at radius 1 is 1.23 bits per heavy atom. The molecule has 30 heavy (non-hydrogen) atoms. The number of Topliss-reactive ketones (excluding diaryl/α,β-unsaturated/α-hetero) is 1. The Morgan fingerprint density at radius 2 is 1.90 bits per heavy atom. The molecule has 0 aromatic carbocycles. The minimum Gasteiger partial charge on any atom is -0.511 e. The zero-order valence-corrected chi connectivity index (χ0v) is 17.4. The fourth-order valence-electron chi connectivity index (χ4n) is 3.72. The number of hydrogen-bond acceptors (Lipinski definition) is 8. The fraction of sp³-hybridized carbons (Fsp3) is 0.429. The van der Waals surface area contributed by atoms with E-state index in [0.717, 1.165) is 4.88 Å². The number of ketones is 1. The molecule has 1 aliphatic heterocycles. The molecule has 0 saturated carbocycles. The predicted molar refractivity (Wildman–Crippen MR) is 112 cm³/mol. The third-order valence-corrected chi connectivity index (χ3v) is 6.59. The Hall–Kier alpha value is -2.30. The lowest BCUT2D eigenvalue weighted by molar-refractivity contribution is -0.132. The summed E-state index contributed by atoms with van der Waals surface area (Å²) < 4.78 is 0. The van der Waals surface area contributed by atoms with Gasteiger partial charge in [0, 0.05) is 24.4 Å². The fourth-order valence-corrected chi connectivity index (χ4v) is 4.50. The zero-order valence-electron chi connectivity index (χ0n) is 16.6. The van der Waals surface area contributed by atoms with Crippen LogP contribution in [0.2, 0.25) is 0 Å². The number of aliphatic hydroxyl groups is 4. The molecule has 3 atom stereocenters. The molecule has 5 N–H and O–H groups in total. The normalized spacial score (nSPS) is 22.4. The van der Waals surface area contributed by atoms with Crippen molar-refractivity contribution in [3.05, 3.63) is 58.0 Å². The van der Waals surface area contributed by atoms with Crippen LogP contribution in [0.25, 0.3) is 0 Å². The van der Waals surface area contributed by atoms with E-state index in [2.05, 4.69) is 5.32 Å². The molecule has 1 aliphatic carbocycles. The largest absolute Gasteiger partial charge is 0.511 e. The van der Waals surface area contributed by atoms with E-state index in [1.165, 1.54) is 16.2 Å². The van der Waals surface area contributed by atoms with Crippen LogP contribution in [-0.2, 0) is 9.59 Å². The molecule has 1 amide bonds. The molecule has 162 valence electrons. The van der Waals surface area contributed by atoms with E-state index in [-0.39, 0.29) is 23.8 Å². The van der Waals surface area contributed by atoms with Gasteiger partial charge in [-0.15, -0.1) is 11.3 Å². The third-order valence-electron chi connectivity index (χ3n) is 5.60. The van der Waals surface area contributed by atoms with Crippen molar-refractivity contribution in [1.82, 2.24) is 10.2 Å². The van der Waals surface area contributed by atoms with Crippen molar-refractivity contribution < 1.29 is 30.0 Å². The highest BCUT2D eigenvalue weighted by molar-refractivity contribution is 7.10. The summed E-state index contributed by atoms with van der Waals surface area (Å²) in [6, 6.07) is 2.54. The summed E-state index contributed by atoms with van der Waals surface area (Å²) in [7, 11) is 1.59. The number of nitrogens with one attached hydrogen (secondary N) is 1. The Morgan fingerprint density at radius 3 is 2.50 bits per heavy atom. The Kier molecular flexibility index (Phi) is 6.89. The maximum Gasteiger partial charge on any atom is 0.261 e. The van der Waals surface area contributed by atoms with E-state index in [4.69, 9.17) is 0 Å². The van der Waals surface area contributed by atoms with Gasteiger partial charge in [-0.05, 0) is 11.4 Å². The van der Waals surface area contributed by atoms with Gasteiger partial charge in [-0.2, -0.15) is 0 Å². The molecule has 0 saturated heterocycles. The van der Waals surface area contributed by atoms with Crippen molar-refractivity contribution in [1.29, 1.82) is 0 Å². The molecular weight excluding hydrogens is 408 g/mol. The lowest BCUT2D eigenvalue weighted by atomic mass is 9.84. The number of hydrogen-bond donors (Lipinski definition) is 5. The van der Waals surface area contributed by atoms with Crippen LogP contribution in [0, 0.1) is 5.92 Å². The molecule has 0 radical (unpaired) electrons. The lowest BCUT2D eigenvalue weighted by Gasteiger charge is -2.38. The van der Waals surface area contributed by atoms with E-state index in [9.17, 15) is 30.0 Å². The molecule has 2 heterocycles. The number of amides is 1. The van der Waals surface area contributed by atoms with E-state index < -0.39 is 49.0 Å². The van der Waals surface area contributed by atoms with Crippen LogP contribution in [-0.4, -0.2) is 75.5 Å². The number of aliphatic hydroxyl groups excluding tert-OH is 4. The van der Waals surface area contributed by atoms with Crippen molar-refractivity contribution >= 4 is 23.0 Å². The van der Waals surface area contributed by atoms with Gasteiger partial charge in [-0.25, -0.2) is 0 Å². The SMILES string of the molecule is CN1C(=O)C(C(=O)C[C@H](NC(CO)(CO)CO)c2cccs2)=C(O)[C@H]2C=CC=C[C@@H]21. The number of allylic oxidation sites excluding steroid dienone is 2. The predicted octanol–water partition coefficient (Wildman–Crippen LogP) is 0.449. The van der Waals surface area contributed by atoms with Crippen molar-refractivity contribution in [2.24, 2.45) is 5.92 Å². The Labute approximate surface area is 178 Å². The first kappa shape index (κ1) is 22.4. The minimum absolute atomic E-state index is 0.196. The van der Waals surface area contributed by atoms with Crippen molar-refractivity contribution in [3.8, 4) is 0 Å². The first-order valence-corrected chi connectivity index (χ1v) is 10.5. The second-order valence-corrected chi connectivity index (χ2v) is 8.54. The lowest BCUT2D eigenvalue weighted by Crippen LogP contribution is -2.56. The molecule has 1 aromatic heterocycles. The topological polar surface area (TPSA) is 130 Å². The number of likely N-dealkylation sites (N-methyl/N-ethyl adjacent to an activating group) is 1. The molecule has 0 bridgehead atoms. The van der Waals surface area contributed by atoms with Crippen LogP contribution in [0.4, 0.5) is 0 Å². The average molecular weight is 435 g/mol. The number of carbonyl (C=O) groups is 2. The van der Waals surface area contributed by atoms with Crippen molar-refractivity contribution in [2.45, 2.75) is 24.0 Å². The minimum atomic E-state index is -1.40. The average Bonchev–Trinajstić information content (AvgIpc) is 3.30. The Bertz CT molecular complexity index is 864. The van der Waals surface area contributed by atoms with Crippen LogP contribution in [0.3, 0.4) is 0 Å². The van der Waals surface area contributed by atoms with Gasteiger partial charge in [0.05, 0.1) is 37.3 Å². The van der Waals surface area contributed by atoms with Crippen LogP contribution in [0.15, 0.2) is 53.1 Å². The number of nitrogens with zero attached hydrogens (tertiary/aromatic N) is 1. The molecular formula is C21H26N2O6S. The zero-order chi connectivity index (χ0) is 21.9. The molecule has 8 nitrogen and oxygen atoms in total. The van der Waals surface area contributed by atoms with Gasteiger partial charge < -0.3 is 25.3 Å². The van der Waals surface area contributed by atoms with Crippen LogP contribution >= 0.6 is 11.3 Å². The first-order chi connectivity index (χ1) is 14.4. The molecule has 9 heteroatoms. The number of thiophene rings is 1. The van der Waals surface area contributed by atoms with Gasteiger partial charge in [-0.1, -0.05) is 30.4 Å². The number of rotatable bonds is 9. The smallest absolute Gasteiger partial charge is 0.261 e. The maximum absolute atomic E-state index is 13.2. The molecule has 1 aromatic rings. The highest BCUT2D eigenvalue weighted by atomic mass is 32.1. The molecule has 2 aliphatic rings. The summed E-state index contributed by atoms with van der Waals surface area (Å²) in [5, 5.41) is 44.5. The van der Waals surface area contributed by atoms with Gasteiger partial charge in [-0.3, -0.25) is 14.9 Å². The van der Waals surface area contributed by atoms with E-state index >= 15 is 0 Å². The summed E-state index contributed by atoms with van der Waals surface area (Å²) in [4.78, 5) is 28.2. The second-order valence-electron chi connectivity index (χ2n) is 7.56. The number of carbonyl (C=O) groups excluding carboxylic acids is 2. The monoisotopic (exact) mass is 434 g/mol. The van der Waals surface area contributed by atoms with Gasteiger partial charge in [0.1, 0.15) is 11.3 Å². The van der Waals surface area contributed by atoms with Crippen LogP contribution in [0.1, 0.15) is 17.3 Å². The van der Waals surface area contributed by atoms with Crippen LogP contribution in [0.5, 0.6) is 0 Å². The first-order valence-electron chi connectivity index (χ1n) is 9.59. The highest BCUT2D eigenvalue weighted by Gasteiger charge is 2.42. The standard InChI is InChI=1S/C21H26N2O6S/c1-23-15-6-3-2-5-13(15)19(28)18(20(23)29)16(27)9-14(17-7-4-8-30-17)22-21(10-24,11-25)12-26/h2-8,13-15,22,24-26,28H,9-12H2,1H3/t13-,14-,15-/m0/s1.